The summed E-state index contributed by atoms with van der Waals surface area (Å²) in [4.78, 5) is 17.3. The number of hydrogen-bond acceptors (Lipinski definition) is 4. The lowest BCUT2D eigenvalue weighted by Gasteiger charge is -1.83. The smallest absolute Gasteiger partial charge is 0.144 e. The van der Waals surface area contributed by atoms with Crippen molar-refractivity contribution >= 4 is 31.9 Å². The minimum atomic E-state index is 0.986. The minimum Gasteiger partial charge on any atom is -0.343 e. The highest BCUT2D eigenvalue weighted by molar-refractivity contribution is 7.25. The van der Waals surface area contributed by atoms with Crippen LogP contribution in [-0.2, 0) is 0 Å². The molecule has 12 heavy (non-hydrogen) atoms. The molecule has 0 amide bonds. The van der Waals surface area contributed by atoms with Crippen LogP contribution >= 0.6 is 11.3 Å². The van der Waals surface area contributed by atoms with Crippen molar-refractivity contribution in [2.75, 3.05) is 0 Å². The van der Waals surface area contributed by atoms with E-state index in [2.05, 4.69) is 19.9 Å². The van der Waals surface area contributed by atoms with Crippen molar-refractivity contribution in [3.05, 3.63) is 18.9 Å². The van der Waals surface area contributed by atoms with Crippen molar-refractivity contribution in [1.29, 1.82) is 0 Å². The van der Waals surface area contributed by atoms with Crippen LogP contribution in [0.3, 0.4) is 0 Å². The van der Waals surface area contributed by atoms with Gasteiger partial charge >= 0.3 is 0 Å². The standard InChI is InChI=1S/C7H4N4S/c1-4-5-7(11-3-9-5)12-6(4)10-2-8-1/h1-3H,(H,9,11). The molecule has 0 radical (unpaired) electrons. The van der Waals surface area contributed by atoms with Crippen LogP contribution < -0.4 is 0 Å². The molecule has 0 aliphatic carbocycles. The molecule has 0 aromatic carbocycles. The van der Waals surface area contributed by atoms with Crippen molar-refractivity contribution in [1.82, 2.24) is 19.9 Å². The summed E-state index contributed by atoms with van der Waals surface area (Å²) in [5.41, 5.74) is 1.04. The molecule has 4 nitrogen and oxygen atoms in total. The van der Waals surface area contributed by atoms with Gasteiger partial charge in [0.1, 0.15) is 16.0 Å². The Hall–Kier alpha value is -1.49. The molecule has 0 atom stereocenters. The normalized spacial score (nSPS) is 11.3. The minimum absolute atomic E-state index is 0.986. The highest BCUT2D eigenvalue weighted by Crippen LogP contribution is 2.28. The third-order valence-corrected chi connectivity index (χ3v) is 2.76. The zero-order valence-electron chi connectivity index (χ0n) is 5.98. The summed E-state index contributed by atoms with van der Waals surface area (Å²) in [6.07, 6.45) is 5.05. The predicted molar refractivity (Wildman–Crippen MR) is 47.1 cm³/mol. The molecule has 3 heterocycles. The molecule has 0 aliphatic rings. The average Bonchev–Trinajstić information content (AvgIpc) is 2.62. The Morgan fingerprint density at radius 1 is 1.25 bits per heavy atom. The summed E-state index contributed by atoms with van der Waals surface area (Å²) in [5.74, 6) is 0. The molecule has 3 rings (SSSR count). The van der Waals surface area contributed by atoms with E-state index in [1.165, 1.54) is 0 Å². The number of aromatic nitrogens is 4. The second kappa shape index (κ2) is 2.01. The first-order valence-electron chi connectivity index (χ1n) is 3.47. The predicted octanol–water partition coefficient (Wildman–Crippen LogP) is 1.57. The number of fused-ring (bicyclic) bond motifs is 3. The van der Waals surface area contributed by atoms with E-state index in [0.717, 1.165) is 20.6 Å². The fraction of sp³-hybridized carbons (Fsp3) is 0. The fourth-order valence-electron chi connectivity index (χ4n) is 1.21. The molecule has 3 aromatic rings. The molecule has 1 N–H and O–H groups in total. The van der Waals surface area contributed by atoms with E-state index < -0.39 is 0 Å². The van der Waals surface area contributed by atoms with Crippen molar-refractivity contribution in [3.8, 4) is 0 Å². The van der Waals surface area contributed by atoms with Crippen LogP contribution in [0.5, 0.6) is 0 Å². The number of nitrogens with zero attached hydrogens (tertiary/aromatic N) is 3. The summed E-state index contributed by atoms with van der Waals surface area (Å²) in [6.45, 7) is 0. The topological polar surface area (TPSA) is 54.5 Å². The monoisotopic (exact) mass is 176 g/mol. The van der Waals surface area contributed by atoms with Gasteiger partial charge in [0, 0.05) is 6.20 Å². The number of aromatic amines is 1. The van der Waals surface area contributed by atoms with Gasteiger partial charge in [0.2, 0.25) is 0 Å². The molecule has 0 unspecified atom stereocenters. The van der Waals surface area contributed by atoms with Gasteiger partial charge in [-0.05, 0) is 0 Å². The Morgan fingerprint density at radius 2 is 2.25 bits per heavy atom. The first-order valence-corrected chi connectivity index (χ1v) is 4.28. The van der Waals surface area contributed by atoms with Gasteiger partial charge in [0.25, 0.3) is 0 Å². The fourth-order valence-corrected chi connectivity index (χ4v) is 2.14. The molecular formula is C7H4N4S. The molecule has 3 aromatic heterocycles. The van der Waals surface area contributed by atoms with Crippen molar-refractivity contribution in [2.45, 2.75) is 0 Å². The molecule has 0 saturated heterocycles. The number of H-pyrrole nitrogens is 1. The Bertz CT molecular complexity index is 537. The van der Waals surface area contributed by atoms with Crippen LogP contribution in [0.15, 0.2) is 18.9 Å². The van der Waals surface area contributed by atoms with Crippen LogP contribution in [0.4, 0.5) is 0 Å². The summed E-state index contributed by atoms with van der Waals surface area (Å²) in [6, 6.07) is 0. The van der Waals surface area contributed by atoms with Crippen molar-refractivity contribution in [2.24, 2.45) is 0 Å². The summed E-state index contributed by atoms with van der Waals surface area (Å²) in [7, 11) is 0. The summed E-state index contributed by atoms with van der Waals surface area (Å²) in [5, 5.41) is 1.05. The maximum absolute atomic E-state index is 4.15. The quantitative estimate of drug-likeness (QED) is 0.565. The van der Waals surface area contributed by atoms with Gasteiger partial charge in [-0.1, -0.05) is 11.3 Å². The summed E-state index contributed by atoms with van der Waals surface area (Å²) >= 11 is 1.57. The molecule has 58 valence electrons. The lowest BCUT2D eigenvalue weighted by Crippen LogP contribution is -1.74. The zero-order valence-corrected chi connectivity index (χ0v) is 6.80. The maximum Gasteiger partial charge on any atom is 0.144 e. The van der Waals surface area contributed by atoms with Crippen LogP contribution in [0, 0.1) is 0 Å². The van der Waals surface area contributed by atoms with Crippen LogP contribution in [-0.4, -0.2) is 19.9 Å². The van der Waals surface area contributed by atoms with Gasteiger partial charge < -0.3 is 4.98 Å². The first-order chi connectivity index (χ1) is 5.95. The lowest BCUT2D eigenvalue weighted by atomic mass is 10.4. The maximum atomic E-state index is 4.15. The van der Waals surface area contributed by atoms with E-state index in [0.29, 0.717) is 0 Å². The van der Waals surface area contributed by atoms with Gasteiger partial charge in [-0.3, -0.25) is 0 Å². The first kappa shape index (κ1) is 6.07. The van der Waals surface area contributed by atoms with Gasteiger partial charge in [-0.15, -0.1) is 0 Å². The Kier molecular flexibility index (Phi) is 1.02. The number of rotatable bonds is 0. The SMILES string of the molecule is c1ncc2c(n1)sc1nc[nH]c12. The third-order valence-electron chi connectivity index (χ3n) is 1.74. The second-order valence-electron chi connectivity index (χ2n) is 2.43. The van der Waals surface area contributed by atoms with E-state index in [9.17, 15) is 0 Å². The van der Waals surface area contributed by atoms with Gasteiger partial charge in [-0.25, -0.2) is 15.0 Å². The number of thiophene rings is 1. The Labute approximate surface area is 71.3 Å². The highest BCUT2D eigenvalue weighted by atomic mass is 32.1. The van der Waals surface area contributed by atoms with Gasteiger partial charge in [0.15, 0.2) is 0 Å². The van der Waals surface area contributed by atoms with E-state index in [1.807, 2.05) is 0 Å². The average molecular weight is 176 g/mol. The van der Waals surface area contributed by atoms with Crippen LogP contribution in [0.25, 0.3) is 20.6 Å². The van der Waals surface area contributed by atoms with Crippen molar-refractivity contribution < 1.29 is 0 Å². The molecular weight excluding hydrogens is 172 g/mol. The molecule has 0 fully saturated rings. The van der Waals surface area contributed by atoms with E-state index in [-0.39, 0.29) is 0 Å². The molecule has 0 bridgehead atoms. The van der Waals surface area contributed by atoms with Gasteiger partial charge in [0.05, 0.1) is 17.2 Å². The Morgan fingerprint density at radius 3 is 3.25 bits per heavy atom. The number of nitrogens with one attached hydrogen (secondary N) is 1. The molecule has 0 aliphatic heterocycles. The molecule has 0 spiro atoms. The highest BCUT2D eigenvalue weighted by Gasteiger charge is 2.06. The third kappa shape index (κ3) is 0.634. The number of hydrogen-bond donors (Lipinski definition) is 1. The van der Waals surface area contributed by atoms with Crippen LogP contribution in [0.1, 0.15) is 0 Å². The van der Waals surface area contributed by atoms with E-state index in [1.54, 1.807) is 30.2 Å². The van der Waals surface area contributed by atoms with E-state index >= 15 is 0 Å². The lowest BCUT2D eigenvalue weighted by molar-refractivity contribution is 1.23. The second-order valence-corrected chi connectivity index (χ2v) is 3.40. The van der Waals surface area contributed by atoms with E-state index in [4.69, 9.17) is 0 Å². The largest absolute Gasteiger partial charge is 0.343 e. The van der Waals surface area contributed by atoms with Crippen LogP contribution in [0.2, 0.25) is 0 Å². The Balaban J connectivity index is 2.68. The van der Waals surface area contributed by atoms with Gasteiger partial charge in [-0.2, -0.15) is 0 Å². The van der Waals surface area contributed by atoms with Crippen molar-refractivity contribution in [3.63, 3.8) is 0 Å². The number of imidazole rings is 1. The summed E-state index contributed by atoms with van der Waals surface area (Å²) < 4.78 is 0. The zero-order chi connectivity index (χ0) is 7.97. The molecule has 0 saturated carbocycles. The molecule has 5 heteroatoms.